The first-order valence-corrected chi connectivity index (χ1v) is 12.1. The predicted octanol–water partition coefficient (Wildman–Crippen LogP) is -3.34. The van der Waals surface area contributed by atoms with Crippen LogP contribution < -0.4 is 38.9 Å². The van der Waals surface area contributed by atoms with E-state index in [0.29, 0.717) is 5.56 Å². The molecule has 0 spiro atoms. The van der Waals surface area contributed by atoms with E-state index in [0.717, 1.165) is 0 Å². The van der Waals surface area contributed by atoms with E-state index < -0.39 is 60.2 Å². The summed E-state index contributed by atoms with van der Waals surface area (Å²) >= 11 is 3.89. The first-order valence-electron chi connectivity index (χ1n) is 11.5. The Balaban J connectivity index is 2.99. The molecule has 0 aliphatic rings. The molecule has 4 amide bonds. The lowest BCUT2D eigenvalue weighted by atomic mass is 10.0. The van der Waals surface area contributed by atoms with Gasteiger partial charge in [-0.2, -0.15) is 12.6 Å². The molecular formula is C22H34N8O7S. The van der Waals surface area contributed by atoms with E-state index in [2.05, 4.69) is 33.6 Å². The number of nitrogens with one attached hydrogen (secondary N) is 3. The van der Waals surface area contributed by atoms with Crippen molar-refractivity contribution in [1.29, 1.82) is 0 Å². The number of hydrogen-bond donors (Lipinski definition) is 10. The van der Waals surface area contributed by atoms with Crippen LogP contribution in [-0.2, 0) is 30.4 Å². The van der Waals surface area contributed by atoms with Crippen molar-refractivity contribution in [3.8, 4) is 5.75 Å². The van der Waals surface area contributed by atoms with Crippen molar-refractivity contribution in [2.75, 3.05) is 12.3 Å². The molecule has 0 fully saturated rings. The fourth-order valence-electron chi connectivity index (χ4n) is 3.17. The van der Waals surface area contributed by atoms with Crippen LogP contribution in [0.15, 0.2) is 29.3 Å². The molecule has 0 aliphatic heterocycles. The highest BCUT2D eigenvalue weighted by Crippen LogP contribution is 2.11. The Hall–Kier alpha value is -4.05. The normalized spacial score (nSPS) is 13.7. The average molecular weight is 555 g/mol. The second-order valence-corrected chi connectivity index (χ2v) is 8.67. The Labute approximate surface area is 224 Å². The summed E-state index contributed by atoms with van der Waals surface area (Å²) in [6.07, 6.45) is -0.322. The molecular weight excluding hydrogens is 520 g/mol. The van der Waals surface area contributed by atoms with Gasteiger partial charge in [-0.1, -0.05) is 12.1 Å². The number of amides is 4. The van der Waals surface area contributed by atoms with E-state index in [1.54, 1.807) is 12.1 Å². The predicted molar refractivity (Wildman–Crippen MR) is 141 cm³/mol. The first kappa shape index (κ1) is 32.0. The summed E-state index contributed by atoms with van der Waals surface area (Å²) in [6.45, 7) is 0.116. The van der Waals surface area contributed by atoms with Crippen LogP contribution in [0.25, 0.3) is 0 Å². The maximum absolute atomic E-state index is 13.0. The number of hydrogen-bond acceptors (Lipinski definition) is 9. The molecule has 1 aromatic rings. The highest BCUT2D eigenvalue weighted by atomic mass is 32.1. The van der Waals surface area contributed by atoms with E-state index in [1.165, 1.54) is 12.1 Å². The molecule has 0 radical (unpaired) electrons. The zero-order valence-electron chi connectivity index (χ0n) is 20.5. The lowest BCUT2D eigenvalue weighted by Crippen LogP contribution is -2.58. The molecule has 13 N–H and O–H groups in total. The number of phenolic OH excluding ortho intramolecular Hbond substituents is 1. The van der Waals surface area contributed by atoms with Crippen LogP contribution in [0.5, 0.6) is 5.75 Å². The van der Waals surface area contributed by atoms with E-state index in [9.17, 15) is 34.2 Å². The zero-order valence-corrected chi connectivity index (χ0v) is 21.4. The standard InChI is InChI=1S/C22H34N8O7S/c23-13(8-11-3-5-12(31)6-4-11)18(33)29-15(9-17(24)32)20(35)28-14(2-1-7-27-22(25)26)19(34)30-16(10-38)21(36)37/h3-6,13-16,31,38H,1-2,7-10,23H2,(H2,24,32)(H,28,35)(H,29,33)(H,30,34)(H,36,37)(H4,25,26,27). The third-order valence-electron chi connectivity index (χ3n) is 5.14. The number of aliphatic carboxylic acids is 1. The van der Waals surface area contributed by atoms with Gasteiger partial charge in [0.15, 0.2) is 5.96 Å². The van der Waals surface area contributed by atoms with Gasteiger partial charge in [0.25, 0.3) is 0 Å². The number of rotatable bonds is 16. The third-order valence-corrected chi connectivity index (χ3v) is 5.51. The minimum atomic E-state index is -1.47. The van der Waals surface area contributed by atoms with E-state index in [4.69, 9.17) is 22.9 Å². The van der Waals surface area contributed by atoms with Gasteiger partial charge in [-0.25, -0.2) is 4.79 Å². The summed E-state index contributed by atoms with van der Waals surface area (Å²) in [4.78, 5) is 65.1. The van der Waals surface area contributed by atoms with E-state index >= 15 is 0 Å². The quantitative estimate of drug-likeness (QED) is 0.0419. The highest BCUT2D eigenvalue weighted by molar-refractivity contribution is 7.80. The highest BCUT2D eigenvalue weighted by Gasteiger charge is 2.30. The second kappa shape index (κ2) is 15.9. The van der Waals surface area contributed by atoms with Gasteiger partial charge >= 0.3 is 5.97 Å². The Kier molecular flexibility index (Phi) is 13.4. The minimum absolute atomic E-state index is 0.00906. The van der Waals surface area contributed by atoms with Crippen molar-refractivity contribution in [3.63, 3.8) is 0 Å². The zero-order chi connectivity index (χ0) is 28.8. The molecule has 1 aromatic carbocycles. The molecule has 38 heavy (non-hydrogen) atoms. The fourth-order valence-corrected chi connectivity index (χ4v) is 3.42. The van der Waals surface area contributed by atoms with Gasteiger partial charge in [-0.05, 0) is 37.0 Å². The van der Waals surface area contributed by atoms with Crippen molar-refractivity contribution in [3.05, 3.63) is 29.8 Å². The van der Waals surface area contributed by atoms with Crippen LogP contribution >= 0.6 is 12.6 Å². The number of carbonyl (C=O) groups is 5. The molecule has 15 nitrogen and oxygen atoms in total. The monoisotopic (exact) mass is 554 g/mol. The number of carboxylic acids is 1. The number of nitrogens with zero attached hydrogens (tertiary/aromatic N) is 1. The fraction of sp³-hybridized carbons (Fsp3) is 0.455. The Morgan fingerprint density at radius 2 is 1.45 bits per heavy atom. The van der Waals surface area contributed by atoms with E-state index in [-0.39, 0.29) is 43.3 Å². The van der Waals surface area contributed by atoms with Crippen LogP contribution in [0.3, 0.4) is 0 Å². The number of thiol groups is 1. The lowest BCUT2D eigenvalue weighted by Gasteiger charge is -2.24. The van der Waals surface area contributed by atoms with Crippen molar-refractivity contribution < 1.29 is 34.2 Å². The topological polar surface area (TPSA) is 278 Å². The summed E-state index contributed by atoms with van der Waals surface area (Å²) in [5.74, 6) is -5.13. The number of nitrogens with two attached hydrogens (primary N) is 4. The molecule has 1 rings (SSSR count). The number of phenols is 1. The number of guanidine groups is 1. The number of carboxylic acid groups (broad SMARTS) is 1. The lowest BCUT2D eigenvalue weighted by molar-refractivity contribution is -0.141. The summed E-state index contributed by atoms with van der Waals surface area (Å²) in [5, 5.41) is 25.6. The smallest absolute Gasteiger partial charge is 0.327 e. The number of aliphatic imine (C=N–C) groups is 1. The Morgan fingerprint density at radius 3 is 1.97 bits per heavy atom. The SMILES string of the molecule is NC(=O)CC(NC(=O)C(N)Cc1ccc(O)cc1)C(=O)NC(CCCN=C(N)N)C(=O)NC(CS)C(=O)O. The van der Waals surface area contributed by atoms with Crippen LogP contribution in [0, 0.1) is 0 Å². The van der Waals surface area contributed by atoms with Crippen LogP contribution in [-0.4, -0.2) is 82.2 Å². The number of benzene rings is 1. The van der Waals surface area contributed by atoms with Crippen LogP contribution in [0.1, 0.15) is 24.8 Å². The van der Waals surface area contributed by atoms with Crippen LogP contribution in [0.4, 0.5) is 0 Å². The molecule has 16 heteroatoms. The van der Waals surface area contributed by atoms with Gasteiger partial charge in [0.2, 0.25) is 23.6 Å². The Morgan fingerprint density at radius 1 is 0.895 bits per heavy atom. The molecule has 4 unspecified atom stereocenters. The van der Waals surface area contributed by atoms with Gasteiger partial charge in [0.05, 0.1) is 12.5 Å². The summed E-state index contributed by atoms with van der Waals surface area (Å²) in [7, 11) is 0. The van der Waals surface area contributed by atoms with Gasteiger partial charge in [-0.15, -0.1) is 0 Å². The van der Waals surface area contributed by atoms with Crippen molar-refractivity contribution in [1.82, 2.24) is 16.0 Å². The van der Waals surface area contributed by atoms with Crippen molar-refractivity contribution in [2.45, 2.75) is 49.9 Å². The average Bonchev–Trinajstić information content (AvgIpc) is 2.84. The maximum atomic E-state index is 13.0. The van der Waals surface area contributed by atoms with Gasteiger partial charge in [-0.3, -0.25) is 24.2 Å². The second-order valence-electron chi connectivity index (χ2n) is 8.30. The van der Waals surface area contributed by atoms with Crippen molar-refractivity contribution in [2.24, 2.45) is 27.9 Å². The molecule has 0 bridgehead atoms. The molecule has 0 saturated heterocycles. The van der Waals surface area contributed by atoms with Gasteiger partial charge < -0.3 is 49.1 Å². The maximum Gasteiger partial charge on any atom is 0.327 e. The molecule has 0 aliphatic carbocycles. The number of carbonyl (C=O) groups excluding carboxylic acids is 4. The minimum Gasteiger partial charge on any atom is -0.508 e. The Bertz CT molecular complexity index is 1020. The van der Waals surface area contributed by atoms with Crippen LogP contribution in [0.2, 0.25) is 0 Å². The molecule has 0 saturated carbocycles. The molecule has 0 aromatic heterocycles. The largest absolute Gasteiger partial charge is 0.508 e. The third kappa shape index (κ3) is 11.8. The summed E-state index contributed by atoms with van der Waals surface area (Å²) < 4.78 is 0. The molecule has 0 heterocycles. The van der Waals surface area contributed by atoms with Gasteiger partial charge in [0, 0.05) is 12.3 Å². The first-order chi connectivity index (χ1) is 17.8. The van der Waals surface area contributed by atoms with E-state index in [1.807, 2.05) is 0 Å². The summed E-state index contributed by atoms with van der Waals surface area (Å²) in [5.41, 5.74) is 22.4. The molecule has 4 atom stereocenters. The number of aromatic hydroxyl groups is 1. The summed E-state index contributed by atoms with van der Waals surface area (Å²) in [6, 6.07) is 0.785. The van der Waals surface area contributed by atoms with Crippen molar-refractivity contribution >= 4 is 48.2 Å². The number of primary amides is 1. The van der Waals surface area contributed by atoms with Gasteiger partial charge in [0.1, 0.15) is 23.9 Å². The molecule has 210 valence electrons.